The van der Waals surface area contributed by atoms with Crippen LogP contribution in [0.2, 0.25) is 0 Å². The van der Waals surface area contributed by atoms with E-state index < -0.39 is 10.1 Å². The van der Waals surface area contributed by atoms with Crippen LogP contribution in [0.5, 0.6) is 0 Å². The van der Waals surface area contributed by atoms with Crippen molar-refractivity contribution in [3.8, 4) is 0 Å². The molecule has 0 bridgehead atoms. The molecule has 2 aromatic carbocycles. The van der Waals surface area contributed by atoms with Gasteiger partial charge in [-0.2, -0.15) is 8.42 Å². The van der Waals surface area contributed by atoms with Crippen molar-refractivity contribution in [2.45, 2.75) is 11.3 Å². The number of benzene rings is 2. The molecule has 0 amide bonds. The molecule has 6 nitrogen and oxygen atoms in total. The topological polar surface area (TPSA) is 93.8 Å². The fourth-order valence-electron chi connectivity index (χ4n) is 2.24. The molecule has 3 aromatic rings. The first-order chi connectivity index (χ1) is 11.4. The predicted molar refractivity (Wildman–Crippen MR) is 92.8 cm³/mol. The normalized spacial score (nSPS) is 12.0. The SMILES string of the molecule is O=c1c2ccccc2oc2ccc(SOCCCS(=O)(=O)O)cc12. The summed E-state index contributed by atoms with van der Waals surface area (Å²) in [7, 11) is -3.97. The Morgan fingerprint density at radius 1 is 1.08 bits per heavy atom. The Kier molecular flexibility index (Phi) is 4.91. The lowest BCUT2D eigenvalue weighted by molar-refractivity contribution is 0.370. The van der Waals surface area contributed by atoms with Crippen molar-refractivity contribution in [3.05, 3.63) is 52.7 Å². The van der Waals surface area contributed by atoms with Crippen LogP contribution in [0.15, 0.2) is 56.6 Å². The van der Waals surface area contributed by atoms with Gasteiger partial charge in [0.15, 0.2) is 0 Å². The second-order valence-corrected chi connectivity index (χ2v) is 7.58. The number of hydrogen-bond acceptors (Lipinski definition) is 6. The molecule has 0 aliphatic carbocycles. The van der Waals surface area contributed by atoms with Crippen LogP contribution in [0.4, 0.5) is 0 Å². The highest BCUT2D eigenvalue weighted by Crippen LogP contribution is 2.25. The molecular weight excluding hydrogens is 352 g/mol. The molecule has 24 heavy (non-hydrogen) atoms. The number of fused-ring (bicyclic) bond motifs is 2. The van der Waals surface area contributed by atoms with Gasteiger partial charge in [-0.05, 0) is 36.8 Å². The van der Waals surface area contributed by atoms with Crippen molar-refractivity contribution in [1.82, 2.24) is 0 Å². The van der Waals surface area contributed by atoms with Gasteiger partial charge in [-0.15, -0.1) is 0 Å². The zero-order chi connectivity index (χ0) is 17.2. The summed E-state index contributed by atoms with van der Waals surface area (Å²) in [6.45, 7) is 0.162. The zero-order valence-electron chi connectivity index (χ0n) is 12.5. The summed E-state index contributed by atoms with van der Waals surface area (Å²) in [6, 6.07) is 12.2. The molecule has 0 atom stereocenters. The smallest absolute Gasteiger partial charge is 0.264 e. The van der Waals surface area contributed by atoms with Gasteiger partial charge in [0.2, 0.25) is 5.43 Å². The Balaban J connectivity index is 1.77. The molecule has 1 aromatic heterocycles. The van der Waals surface area contributed by atoms with Gasteiger partial charge < -0.3 is 8.60 Å². The van der Waals surface area contributed by atoms with Gasteiger partial charge in [0.05, 0.1) is 23.1 Å². The van der Waals surface area contributed by atoms with E-state index in [0.29, 0.717) is 26.8 Å². The van der Waals surface area contributed by atoms with E-state index >= 15 is 0 Å². The Morgan fingerprint density at radius 3 is 2.62 bits per heavy atom. The van der Waals surface area contributed by atoms with Gasteiger partial charge in [0.25, 0.3) is 10.1 Å². The molecule has 1 N–H and O–H groups in total. The minimum atomic E-state index is -3.97. The maximum absolute atomic E-state index is 12.5. The molecule has 0 saturated carbocycles. The number of para-hydroxylation sites is 1. The molecular formula is C16H14O6S2. The summed E-state index contributed by atoms with van der Waals surface area (Å²) in [5.41, 5.74) is 0.923. The highest BCUT2D eigenvalue weighted by molar-refractivity contribution is 7.94. The van der Waals surface area contributed by atoms with Crippen molar-refractivity contribution in [2.24, 2.45) is 0 Å². The maximum Gasteiger partial charge on any atom is 0.264 e. The lowest BCUT2D eigenvalue weighted by Gasteiger charge is -2.05. The summed E-state index contributed by atoms with van der Waals surface area (Å²) in [4.78, 5) is 13.2. The molecule has 8 heteroatoms. The van der Waals surface area contributed by atoms with Crippen molar-refractivity contribution in [1.29, 1.82) is 0 Å². The standard InChI is InChI=1S/C16H14O6S2/c17-16-12-4-1-2-5-14(12)22-15-7-6-11(10-13(15)16)23-21-8-3-9-24(18,19)20/h1-2,4-7,10H,3,8-9H2,(H,18,19,20). The monoisotopic (exact) mass is 366 g/mol. The van der Waals surface area contributed by atoms with Crippen LogP contribution in [0.25, 0.3) is 21.9 Å². The molecule has 0 saturated heterocycles. The van der Waals surface area contributed by atoms with Gasteiger partial charge in [0.1, 0.15) is 11.2 Å². The van der Waals surface area contributed by atoms with Crippen LogP contribution in [0, 0.1) is 0 Å². The lowest BCUT2D eigenvalue weighted by atomic mass is 10.1. The molecule has 0 aliphatic rings. The maximum atomic E-state index is 12.5. The van der Waals surface area contributed by atoms with E-state index in [0.717, 1.165) is 12.0 Å². The predicted octanol–water partition coefficient (Wildman–Crippen LogP) is 3.25. The molecule has 126 valence electrons. The molecule has 1 heterocycles. The summed E-state index contributed by atoms with van der Waals surface area (Å²) in [6.07, 6.45) is 0.187. The van der Waals surface area contributed by atoms with Crippen LogP contribution in [-0.4, -0.2) is 25.3 Å². The molecule has 0 spiro atoms. The van der Waals surface area contributed by atoms with E-state index in [1.807, 2.05) is 6.07 Å². The Labute approximate surface area is 142 Å². The first-order valence-corrected chi connectivity index (χ1v) is 9.49. The number of rotatable bonds is 6. The third-order valence-corrected chi connectivity index (χ3v) is 4.87. The summed E-state index contributed by atoms with van der Waals surface area (Å²) in [5.74, 6) is -0.346. The average molecular weight is 366 g/mol. The molecule has 3 rings (SSSR count). The minimum absolute atomic E-state index is 0.110. The van der Waals surface area contributed by atoms with Gasteiger partial charge in [0, 0.05) is 16.9 Å². The highest BCUT2D eigenvalue weighted by atomic mass is 32.2. The Morgan fingerprint density at radius 2 is 1.83 bits per heavy atom. The van der Waals surface area contributed by atoms with E-state index in [1.54, 1.807) is 36.4 Å². The second kappa shape index (κ2) is 6.94. The van der Waals surface area contributed by atoms with Crippen molar-refractivity contribution >= 4 is 44.1 Å². The summed E-state index contributed by atoms with van der Waals surface area (Å²) in [5, 5.41) is 0.974. The average Bonchev–Trinajstić information content (AvgIpc) is 2.54. The van der Waals surface area contributed by atoms with Crippen LogP contribution < -0.4 is 5.43 Å². The first kappa shape index (κ1) is 17.0. The van der Waals surface area contributed by atoms with Crippen LogP contribution >= 0.6 is 12.0 Å². The van der Waals surface area contributed by atoms with Gasteiger partial charge in [-0.3, -0.25) is 9.35 Å². The van der Waals surface area contributed by atoms with E-state index in [2.05, 4.69) is 0 Å². The number of hydrogen-bond donors (Lipinski definition) is 1. The fraction of sp³-hybridized carbons (Fsp3) is 0.188. The van der Waals surface area contributed by atoms with Gasteiger partial charge in [-0.1, -0.05) is 12.1 Å². The van der Waals surface area contributed by atoms with Crippen LogP contribution in [0.3, 0.4) is 0 Å². The first-order valence-electron chi connectivity index (χ1n) is 7.14. The van der Waals surface area contributed by atoms with Crippen LogP contribution in [-0.2, 0) is 14.3 Å². The third kappa shape index (κ3) is 3.96. The van der Waals surface area contributed by atoms with Crippen molar-refractivity contribution in [3.63, 3.8) is 0 Å². The van der Waals surface area contributed by atoms with Crippen molar-refractivity contribution in [2.75, 3.05) is 12.4 Å². The molecule has 0 aliphatic heterocycles. The summed E-state index contributed by atoms with van der Waals surface area (Å²) >= 11 is 1.04. The van der Waals surface area contributed by atoms with E-state index in [9.17, 15) is 13.2 Å². The second-order valence-electron chi connectivity index (χ2n) is 5.13. The van der Waals surface area contributed by atoms with E-state index in [1.165, 1.54) is 0 Å². The zero-order valence-corrected chi connectivity index (χ0v) is 14.1. The van der Waals surface area contributed by atoms with Crippen LogP contribution in [0.1, 0.15) is 6.42 Å². The van der Waals surface area contributed by atoms with Gasteiger partial charge in [-0.25, -0.2) is 0 Å². The van der Waals surface area contributed by atoms with Gasteiger partial charge >= 0.3 is 0 Å². The Hall–Kier alpha value is -1.87. The molecule has 0 unspecified atom stereocenters. The molecule has 0 fully saturated rings. The van der Waals surface area contributed by atoms with E-state index in [4.69, 9.17) is 13.2 Å². The largest absolute Gasteiger partial charge is 0.456 e. The lowest BCUT2D eigenvalue weighted by Crippen LogP contribution is -2.05. The van der Waals surface area contributed by atoms with Crippen molar-refractivity contribution < 1.29 is 21.6 Å². The molecule has 0 radical (unpaired) electrons. The highest BCUT2D eigenvalue weighted by Gasteiger charge is 2.09. The minimum Gasteiger partial charge on any atom is -0.456 e. The third-order valence-electron chi connectivity index (χ3n) is 3.33. The van der Waals surface area contributed by atoms with E-state index in [-0.39, 0.29) is 24.2 Å². The fourth-order valence-corrected chi connectivity index (χ4v) is 3.35. The Bertz CT molecular complexity index is 1040. The quantitative estimate of drug-likeness (QED) is 0.310. The summed E-state index contributed by atoms with van der Waals surface area (Å²) < 4.78 is 40.9.